The van der Waals surface area contributed by atoms with Crippen molar-refractivity contribution in [3.8, 4) is 0 Å². The van der Waals surface area contributed by atoms with Crippen LogP contribution >= 0.6 is 15.9 Å². The lowest BCUT2D eigenvalue weighted by Crippen LogP contribution is -2.42. The molecule has 0 heterocycles. The van der Waals surface area contributed by atoms with E-state index in [1.807, 2.05) is 13.8 Å². The van der Waals surface area contributed by atoms with E-state index in [0.717, 1.165) is 10.4 Å². The summed E-state index contributed by atoms with van der Waals surface area (Å²) in [5, 5.41) is 9.10. The summed E-state index contributed by atoms with van der Waals surface area (Å²) >= 11 is 2.90. The first-order chi connectivity index (χ1) is 9.79. The number of hydrogen-bond acceptors (Lipinski definition) is 3. The molecule has 1 aromatic carbocycles. The molecule has 0 amide bonds. The molecule has 0 aliphatic heterocycles. The Kier molecular flexibility index (Phi) is 6.71. The van der Waals surface area contributed by atoms with Crippen molar-refractivity contribution < 1.29 is 22.3 Å². The van der Waals surface area contributed by atoms with Crippen LogP contribution in [0.15, 0.2) is 21.5 Å². The molecule has 0 aliphatic rings. The quantitative estimate of drug-likeness (QED) is 0.784. The van der Waals surface area contributed by atoms with Crippen LogP contribution in [-0.2, 0) is 10.0 Å². The zero-order chi connectivity index (χ0) is 16.2. The molecular formula is C13H18BrF2NO3S. The highest BCUT2D eigenvalue weighted by atomic mass is 79.9. The van der Waals surface area contributed by atoms with E-state index in [-0.39, 0.29) is 23.7 Å². The SMILES string of the molecule is CCC(CC)N(CCO)S(=O)(=O)c1c(F)cc(F)cc1Br. The summed E-state index contributed by atoms with van der Waals surface area (Å²) in [6, 6.07) is 1.07. The second kappa shape index (κ2) is 7.62. The smallest absolute Gasteiger partial charge is 0.247 e. The predicted octanol–water partition coefficient (Wildman–Crippen LogP) is 2.90. The topological polar surface area (TPSA) is 57.6 Å². The molecule has 1 aromatic rings. The van der Waals surface area contributed by atoms with Crippen molar-refractivity contribution in [3.05, 3.63) is 28.2 Å². The Hall–Kier alpha value is -0.570. The summed E-state index contributed by atoms with van der Waals surface area (Å²) in [6.07, 6.45) is 1.05. The van der Waals surface area contributed by atoms with E-state index >= 15 is 0 Å². The van der Waals surface area contributed by atoms with Gasteiger partial charge in [-0.05, 0) is 34.8 Å². The van der Waals surface area contributed by atoms with Gasteiger partial charge >= 0.3 is 0 Å². The molecule has 0 aliphatic carbocycles. The summed E-state index contributed by atoms with van der Waals surface area (Å²) in [7, 11) is -4.18. The highest BCUT2D eigenvalue weighted by Gasteiger charge is 2.33. The minimum Gasteiger partial charge on any atom is -0.395 e. The largest absolute Gasteiger partial charge is 0.395 e. The van der Waals surface area contributed by atoms with Crippen LogP contribution in [0, 0.1) is 11.6 Å². The maximum atomic E-state index is 13.9. The van der Waals surface area contributed by atoms with Crippen molar-refractivity contribution in [1.29, 1.82) is 0 Å². The van der Waals surface area contributed by atoms with Gasteiger partial charge < -0.3 is 5.11 Å². The zero-order valence-corrected chi connectivity index (χ0v) is 14.2. The Morgan fingerprint density at radius 2 is 1.86 bits per heavy atom. The minimum absolute atomic E-state index is 0.141. The first kappa shape index (κ1) is 18.5. The average molecular weight is 386 g/mol. The van der Waals surface area contributed by atoms with Gasteiger partial charge in [0, 0.05) is 23.1 Å². The summed E-state index contributed by atoms with van der Waals surface area (Å²) < 4.78 is 53.3. The molecule has 0 saturated heterocycles. The van der Waals surface area contributed by atoms with Crippen molar-refractivity contribution in [1.82, 2.24) is 4.31 Å². The van der Waals surface area contributed by atoms with E-state index in [0.29, 0.717) is 18.9 Å². The van der Waals surface area contributed by atoms with Gasteiger partial charge in [-0.2, -0.15) is 4.31 Å². The van der Waals surface area contributed by atoms with E-state index in [9.17, 15) is 17.2 Å². The van der Waals surface area contributed by atoms with Gasteiger partial charge in [0.15, 0.2) is 0 Å². The second-order valence-corrected chi connectivity index (χ2v) is 7.19. The third kappa shape index (κ3) is 4.00. The normalized spacial score (nSPS) is 12.4. The summed E-state index contributed by atoms with van der Waals surface area (Å²) in [5.41, 5.74) is 0. The molecule has 0 aromatic heterocycles. The Labute approximate surface area is 131 Å². The fourth-order valence-corrected chi connectivity index (χ4v) is 5.07. The van der Waals surface area contributed by atoms with Crippen LogP contribution in [-0.4, -0.2) is 37.0 Å². The first-order valence-electron chi connectivity index (χ1n) is 6.56. The fourth-order valence-electron chi connectivity index (χ4n) is 2.19. The van der Waals surface area contributed by atoms with Gasteiger partial charge in [-0.1, -0.05) is 13.8 Å². The Bertz CT molecular complexity index is 568. The van der Waals surface area contributed by atoms with Crippen LogP contribution in [0.3, 0.4) is 0 Å². The van der Waals surface area contributed by atoms with Gasteiger partial charge in [-0.15, -0.1) is 0 Å². The lowest BCUT2D eigenvalue weighted by atomic mass is 10.2. The molecule has 0 atom stereocenters. The summed E-state index contributed by atoms with van der Waals surface area (Å²) in [5.74, 6) is -2.02. The number of nitrogens with zero attached hydrogens (tertiary/aromatic N) is 1. The van der Waals surface area contributed by atoms with Crippen molar-refractivity contribution >= 4 is 26.0 Å². The Morgan fingerprint density at radius 3 is 2.29 bits per heavy atom. The third-order valence-electron chi connectivity index (χ3n) is 3.20. The molecule has 0 spiro atoms. The summed E-state index contributed by atoms with van der Waals surface area (Å²) in [6.45, 7) is 3.10. The molecule has 120 valence electrons. The number of halogens is 3. The van der Waals surface area contributed by atoms with Crippen molar-refractivity contribution in [2.45, 2.75) is 37.6 Å². The number of rotatable bonds is 7. The van der Waals surface area contributed by atoms with Gasteiger partial charge in [0.2, 0.25) is 10.0 Å². The maximum Gasteiger partial charge on any atom is 0.247 e. The predicted molar refractivity (Wildman–Crippen MR) is 79.4 cm³/mol. The van der Waals surface area contributed by atoms with E-state index in [1.54, 1.807) is 0 Å². The molecule has 21 heavy (non-hydrogen) atoms. The molecule has 0 radical (unpaired) electrons. The van der Waals surface area contributed by atoms with Crippen LogP contribution in [0.2, 0.25) is 0 Å². The highest BCUT2D eigenvalue weighted by molar-refractivity contribution is 9.10. The molecule has 1 N–H and O–H groups in total. The minimum atomic E-state index is -4.18. The van der Waals surface area contributed by atoms with E-state index in [4.69, 9.17) is 5.11 Å². The maximum absolute atomic E-state index is 13.9. The standard InChI is InChI=1S/C13H18BrF2NO3S/c1-3-10(4-2)17(5-6-18)21(19,20)13-11(14)7-9(15)8-12(13)16/h7-8,10,18H,3-6H2,1-2H3. The number of aliphatic hydroxyl groups is 1. The molecule has 4 nitrogen and oxygen atoms in total. The average Bonchev–Trinajstić information content (AvgIpc) is 2.37. The Balaban J connectivity index is 3.43. The lowest BCUT2D eigenvalue weighted by Gasteiger charge is -2.29. The third-order valence-corrected chi connectivity index (χ3v) is 6.12. The Morgan fingerprint density at radius 1 is 1.29 bits per heavy atom. The highest BCUT2D eigenvalue weighted by Crippen LogP contribution is 2.30. The summed E-state index contributed by atoms with van der Waals surface area (Å²) in [4.78, 5) is -0.607. The zero-order valence-electron chi connectivity index (χ0n) is 11.8. The second-order valence-electron chi connectivity index (χ2n) is 4.51. The van der Waals surface area contributed by atoms with Crippen LogP contribution in [0.1, 0.15) is 26.7 Å². The number of benzene rings is 1. The fraction of sp³-hybridized carbons (Fsp3) is 0.538. The number of sulfonamides is 1. The van der Waals surface area contributed by atoms with Gasteiger partial charge in [-0.25, -0.2) is 17.2 Å². The van der Waals surface area contributed by atoms with Crippen LogP contribution in [0.5, 0.6) is 0 Å². The number of hydrogen-bond donors (Lipinski definition) is 1. The molecule has 1 rings (SSSR count). The van der Waals surface area contributed by atoms with Gasteiger partial charge in [0.25, 0.3) is 0 Å². The van der Waals surface area contributed by atoms with Gasteiger partial charge in [0.05, 0.1) is 6.61 Å². The van der Waals surface area contributed by atoms with Crippen LogP contribution in [0.25, 0.3) is 0 Å². The van der Waals surface area contributed by atoms with E-state index < -0.39 is 26.6 Å². The van der Waals surface area contributed by atoms with Crippen molar-refractivity contribution in [2.24, 2.45) is 0 Å². The molecular weight excluding hydrogens is 368 g/mol. The van der Waals surface area contributed by atoms with Crippen molar-refractivity contribution in [2.75, 3.05) is 13.2 Å². The van der Waals surface area contributed by atoms with E-state index in [2.05, 4.69) is 15.9 Å². The first-order valence-corrected chi connectivity index (χ1v) is 8.80. The molecule has 8 heteroatoms. The monoisotopic (exact) mass is 385 g/mol. The van der Waals surface area contributed by atoms with E-state index in [1.165, 1.54) is 0 Å². The lowest BCUT2D eigenvalue weighted by molar-refractivity contribution is 0.219. The van der Waals surface area contributed by atoms with Gasteiger partial charge in [0.1, 0.15) is 16.5 Å². The van der Waals surface area contributed by atoms with Gasteiger partial charge in [-0.3, -0.25) is 0 Å². The van der Waals surface area contributed by atoms with Crippen molar-refractivity contribution in [3.63, 3.8) is 0 Å². The molecule has 0 fully saturated rings. The molecule has 0 saturated carbocycles. The van der Waals surface area contributed by atoms with Crippen LogP contribution in [0.4, 0.5) is 8.78 Å². The van der Waals surface area contributed by atoms with Crippen LogP contribution < -0.4 is 0 Å². The molecule has 0 bridgehead atoms. The number of aliphatic hydroxyl groups excluding tert-OH is 1. The molecule has 0 unspecified atom stereocenters.